The predicted octanol–water partition coefficient (Wildman–Crippen LogP) is 3.63. The van der Waals surface area contributed by atoms with Crippen molar-refractivity contribution < 1.29 is 19.0 Å². The lowest BCUT2D eigenvalue weighted by Gasteiger charge is -2.10. The fraction of sp³-hybridized carbons (Fsp3) is 0.222. The van der Waals surface area contributed by atoms with Crippen LogP contribution >= 0.6 is 0 Å². The zero-order valence-electron chi connectivity index (χ0n) is 12.8. The van der Waals surface area contributed by atoms with Gasteiger partial charge in [-0.3, -0.25) is 4.98 Å². The number of allylic oxidation sites excluding steroid dienone is 1. The number of benzene rings is 1. The largest absolute Gasteiger partial charge is 0.512 e. The molecule has 0 spiro atoms. The molecular formula is C18H18FNO3. The summed E-state index contributed by atoms with van der Waals surface area (Å²) < 4.78 is 18.7. The Morgan fingerprint density at radius 3 is 2.87 bits per heavy atom. The zero-order chi connectivity index (χ0) is 16.7. The summed E-state index contributed by atoms with van der Waals surface area (Å²) in [6, 6.07) is 13.1. The molecule has 0 aliphatic heterocycles. The molecule has 1 heterocycles. The van der Waals surface area contributed by atoms with Crippen molar-refractivity contribution in [2.75, 3.05) is 6.61 Å². The molecule has 4 nitrogen and oxygen atoms in total. The summed E-state index contributed by atoms with van der Waals surface area (Å²) in [5.74, 6) is -0.927. The molecule has 1 atom stereocenters. The first-order valence-electron chi connectivity index (χ1n) is 7.23. The molecule has 5 heteroatoms. The molecule has 0 amide bonds. The molecule has 1 aromatic carbocycles. The van der Waals surface area contributed by atoms with Gasteiger partial charge in [0.25, 0.3) is 0 Å². The minimum Gasteiger partial charge on any atom is -0.512 e. The molecule has 1 aromatic heterocycles. The van der Waals surface area contributed by atoms with E-state index in [0.717, 1.165) is 22.9 Å². The highest BCUT2D eigenvalue weighted by Crippen LogP contribution is 2.19. The smallest absolute Gasteiger partial charge is 0.334 e. The number of pyridine rings is 1. The lowest BCUT2D eigenvalue weighted by Crippen LogP contribution is -2.16. The van der Waals surface area contributed by atoms with Crippen LogP contribution in [0.4, 0.5) is 4.39 Å². The number of hydrogen-bond acceptors (Lipinski definition) is 4. The molecule has 0 fully saturated rings. The van der Waals surface area contributed by atoms with Gasteiger partial charge in [-0.1, -0.05) is 24.3 Å². The molecule has 0 aliphatic carbocycles. The quantitative estimate of drug-likeness (QED) is 0.502. The Morgan fingerprint density at radius 1 is 1.35 bits per heavy atom. The maximum absolute atomic E-state index is 13.9. The van der Waals surface area contributed by atoms with Gasteiger partial charge in [-0.2, -0.15) is 0 Å². The molecular weight excluding hydrogens is 297 g/mol. The number of carbonyl (C=O) groups is 1. The van der Waals surface area contributed by atoms with Gasteiger partial charge in [0.2, 0.25) is 0 Å². The van der Waals surface area contributed by atoms with Crippen LogP contribution in [-0.2, 0) is 16.0 Å². The molecule has 1 N–H and O–H groups in total. The Morgan fingerprint density at radius 2 is 2.17 bits per heavy atom. The number of nitrogens with zero attached hydrogens (tertiary/aromatic N) is 1. The van der Waals surface area contributed by atoms with Gasteiger partial charge in [0, 0.05) is 18.2 Å². The fourth-order valence-electron chi connectivity index (χ4n) is 2.09. The van der Waals surface area contributed by atoms with E-state index < -0.39 is 12.1 Å². The van der Waals surface area contributed by atoms with Gasteiger partial charge in [-0.05, 0) is 30.7 Å². The number of halogens is 1. The van der Waals surface area contributed by atoms with Gasteiger partial charge < -0.3 is 9.84 Å². The highest BCUT2D eigenvalue weighted by Gasteiger charge is 2.11. The summed E-state index contributed by atoms with van der Waals surface area (Å²) in [5.41, 5.74) is 2.52. The summed E-state index contributed by atoms with van der Waals surface area (Å²) in [6.45, 7) is 0.994. The number of rotatable bonds is 6. The lowest BCUT2D eigenvalue weighted by atomic mass is 10.0. The first kappa shape index (κ1) is 16.7. The van der Waals surface area contributed by atoms with Crippen molar-refractivity contribution in [2.24, 2.45) is 0 Å². The Kier molecular flexibility index (Phi) is 5.86. The minimum absolute atomic E-state index is 0.135. The molecule has 120 valence electrons. The summed E-state index contributed by atoms with van der Waals surface area (Å²) >= 11 is 0. The van der Waals surface area contributed by atoms with Crippen LogP contribution in [0.25, 0.3) is 11.3 Å². The maximum atomic E-state index is 13.9. The Bertz CT molecular complexity index is 682. The Balaban J connectivity index is 1.95. The van der Waals surface area contributed by atoms with E-state index in [0.29, 0.717) is 0 Å². The number of aliphatic hydroxyl groups is 1. The molecule has 0 saturated carbocycles. The average molecular weight is 315 g/mol. The number of aromatic nitrogens is 1. The van der Waals surface area contributed by atoms with Crippen LogP contribution in [0.3, 0.4) is 0 Å². The number of esters is 1. The van der Waals surface area contributed by atoms with Crippen molar-refractivity contribution in [2.45, 2.75) is 19.5 Å². The van der Waals surface area contributed by atoms with E-state index in [1.54, 1.807) is 6.20 Å². The van der Waals surface area contributed by atoms with E-state index in [9.17, 15) is 9.18 Å². The molecule has 0 bridgehead atoms. The van der Waals surface area contributed by atoms with Crippen LogP contribution in [0.1, 0.15) is 12.5 Å². The second kappa shape index (κ2) is 8.08. The second-order valence-corrected chi connectivity index (χ2v) is 5.13. The van der Waals surface area contributed by atoms with Gasteiger partial charge in [0.15, 0.2) is 0 Å². The molecule has 23 heavy (non-hydrogen) atoms. The number of hydrogen-bond donors (Lipinski definition) is 1. The molecule has 2 rings (SSSR count). The number of ether oxygens (including phenoxy) is 1. The van der Waals surface area contributed by atoms with E-state index in [-0.39, 0.29) is 18.8 Å². The highest BCUT2D eigenvalue weighted by atomic mass is 19.1. The molecule has 0 aliphatic rings. The molecule has 1 unspecified atom stereocenters. The van der Waals surface area contributed by atoms with Crippen molar-refractivity contribution in [3.63, 3.8) is 0 Å². The van der Waals surface area contributed by atoms with Crippen molar-refractivity contribution in [1.29, 1.82) is 0 Å². The number of alkyl halides is 1. The summed E-state index contributed by atoms with van der Waals surface area (Å²) in [5, 5.41) is 8.92. The van der Waals surface area contributed by atoms with Gasteiger partial charge in [-0.15, -0.1) is 0 Å². The van der Waals surface area contributed by atoms with Crippen molar-refractivity contribution in [3.8, 4) is 11.3 Å². The minimum atomic E-state index is -1.31. The second-order valence-electron chi connectivity index (χ2n) is 5.13. The third-order valence-electron chi connectivity index (χ3n) is 3.08. The van der Waals surface area contributed by atoms with Crippen LogP contribution in [-0.4, -0.2) is 28.8 Å². The van der Waals surface area contributed by atoms with Crippen molar-refractivity contribution >= 4 is 5.97 Å². The average Bonchev–Trinajstić information content (AvgIpc) is 2.53. The normalized spacial score (nSPS) is 12.7. The maximum Gasteiger partial charge on any atom is 0.334 e. The zero-order valence-corrected chi connectivity index (χ0v) is 12.8. The summed E-state index contributed by atoms with van der Waals surface area (Å²) in [6.07, 6.45) is 1.44. The van der Waals surface area contributed by atoms with Crippen LogP contribution in [0.5, 0.6) is 0 Å². The van der Waals surface area contributed by atoms with Crippen LogP contribution in [0.2, 0.25) is 0 Å². The van der Waals surface area contributed by atoms with E-state index in [2.05, 4.69) is 4.98 Å². The third kappa shape index (κ3) is 5.54. The van der Waals surface area contributed by atoms with Gasteiger partial charge in [-0.25, -0.2) is 9.18 Å². The Labute approximate surface area is 134 Å². The third-order valence-corrected chi connectivity index (χ3v) is 3.08. The van der Waals surface area contributed by atoms with Gasteiger partial charge >= 0.3 is 5.97 Å². The summed E-state index contributed by atoms with van der Waals surface area (Å²) in [7, 11) is 0. The van der Waals surface area contributed by atoms with Crippen molar-refractivity contribution in [3.05, 3.63) is 66.1 Å². The van der Waals surface area contributed by atoms with E-state index in [1.165, 1.54) is 6.92 Å². The fourth-order valence-corrected chi connectivity index (χ4v) is 2.09. The number of carbonyl (C=O) groups excluding carboxylic acids is 1. The van der Waals surface area contributed by atoms with Crippen molar-refractivity contribution in [1.82, 2.24) is 4.98 Å². The highest BCUT2D eigenvalue weighted by molar-refractivity contribution is 5.82. The molecule has 0 saturated heterocycles. The standard InChI is InChI=1S/C18H18FNO3/c1-13(21)9-18(22)23-12-16(19)11-14-5-4-6-15(10-14)17-7-2-3-8-20-17/h2-10,16,21H,11-12H2,1H3. The topological polar surface area (TPSA) is 59.4 Å². The number of aliphatic hydroxyl groups excluding tert-OH is 1. The first-order valence-corrected chi connectivity index (χ1v) is 7.23. The van der Waals surface area contributed by atoms with Crippen LogP contribution in [0, 0.1) is 0 Å². The predicted molar refractivity (Wildman–Crippen MR) is 85.6 cm³/mol. The van der Waals surface area contributed by atoms with E-state index >= 15 is 0 Å². The molecule has 2 aromatic rings. The summed E-state index contributed by atoms with van der Waals surface area (Å²) in [4.78, 5) is 15.5. The monoisotopic (exact) mass is 315 g/mol. The van der Waals surface area contributed by atoms with Gasteiger partial charge in [0.1, 0.15) is 12.8 Å². The lowest BCUT2D eigenvalue weighted by molar-refractivity contribution is -0.139. The first-order chi connectivity index (χ1) is 11.0. The van der Waals surface area contributed by atoms with Crippen LogP contribution < -0.4 is 0 Å². The molecule has 0 radical (unpaired) electrons. The van der Waals surface area contributed by atoms with Gasteiger partial charge in [0.05, 0.1) is 17.5 Å². The SMILES string of the molecule is CC(O)=CC(=O)OCC(F)Cc1cccc(-c2ccccn2)c1. The van der Waals surface area contributed by atoms with E-state index in [1.807, 2.05) is 42.5 Å². The van der Waals surface area contributed by atoms with E-state index in [4.69, 9.17) is 9.84 Å². The van der Waals surface area contributed by atoms with Crippen LogP contribution in [0.15, 0.2) is 60.5 Å². The Hall–Kier alpha value is -2.69.